The van der Waals surface area contributed by atoms with Crippen LogP contribution >= 0.6 is 0 Å². The Balaban J connectivity index is 2.31. The molecular formula is C6H12N2O2. The number of methoxy groups -OCH3 is 1. The summed E-state index contributed by atoms with van der Waals surface area (Å²) in [5.74, 6) is 0. The molecule has 0 aromatic carbocycles. The Kier molecular flexibility index (Phi) is 2.50. The maximum absolute atomic E-state index is 10.8. The Morgan fingerprint density at radius 2 is 2.40 bits per heavy atom. The summed E-state index contributed by atoms with van der Waals surface area (Å²) in [6.45, 7) is 1.63. The van der Waals surface area contributed by atoms with E-state index in [9.17, 15) is 4.79 Å². The standard InChI is InChI=1S/C6H12N2O2/c1-10-6(9)8-5-3-2-4-7-8/h7H,2-5H2,1H3. The Labute approximate surface area is 60.1 Å². The minimum Gasteiger partial charge on any atom is -0.452 e. The third kappa shape index (κ3) is 1.60. The molecule has 4 nitrogen and oxygen atoms in total. The molecule has 1 amide bonds. The number of amides is 1. The van der Waals surface area contributed by atoms with Gasteiger partial charge in [-0.2, -0.15) is 0 Å². The molecule has 10 heavy (non-hydrogen) atoms. The van der Waals surface area contributed by atoms with Crippen molar-refractivity contribution in [2.75, 3.05) is 20.2 Å². The first-order valence-corrected chi connectivity index (χ1v) is 3.43. The van der Waals surface area contributed by atoms with Crippen molar-refractivity contribution in [3.8, 4) is 0 Å². The lowest BCUT2D eigenvalue weighted by Crippen LogP contribution is -2.46. The number of nitrogens with one attached hydrogen (secondary N) is 1. The Morgan fingerprint density at radius 3 is 2.90 bits per heavy atom. The van der Waals surface area contributed by atoms with Crippen molar-refractivity contribution in [3.05, 3.63) is 0 Å². The normalized spacial score (nSPS) is 18.7. The summed E-state index contributed by atoms with van der Waals surface area (Å²) in [5.41, 5.74) is 2.93. The highest BCUT2D eigenvalue weighted by molar-refractivity contribution is 5.66. The van der Waals surface area contributed by atoms with Crippen LogP contribution in [-0.4, -0.2) is 31.3 Å². The molecule has 1 saturated heterocycles. The van der Waals surface area contributed by atoms with E-state index < -0.39 is 0 Å². The van der Waals surface area contributed by atoms with Gasteiger partial charge in [-0.3, -0.25) is 0 Å². The monoisotopic (exact) mass is 144 g/mol. The van der Waals surface area contributed by atoms with E-state index in [2.05, 4.69) is 10.2 Å². The molecule has 0 bridgehead atoms. The fraction of sp³-hybridized carbons (Fsp3) is 0.833. The number of carbonyl (C=O) groups excluding carboxylic acids is 1. The smallest absolute Gasteiger partial charge is 0.423 e. The molecule has 0 aliphatic carbocycles. The van der Waals surface area contributed by atoms with E-state index in [1.54, 1.807) is 0 Å². The molecule has 1 aliphatic rings. The van der Waals surface area contributed by atoms with E-state index in [1.807, 2.05) is 0 Å². The second-order valence-electron chi connectivity index (χ2n) is 2.24. The van der Waals surface area contributed by atoms with Crippen molar-refractivity contribution in [2.24, 2.45) is 0 Å². The average molecular weight is 144 g/mol. The van der Waals surface area contributed by atoms with E-state index in [-0.39, 0.29) is 6.09 Å². The quantitative estimate of drug-likeness (QED) is 0.533. The molecule has 1 aliphatic heterocycles. The second kappa shape index (κ2) is 3.41. The predicted molar refractivity (Wildman–Crippen MR) is 36.3 cm³/mol. The molecule has 4 heteroatoms. The maximum atomic E-state index is 10.8. The summed E-state index contributed by atoms with van der Waals surface area (Å²) in [4.78, 5) is 10.8. The van der Waals surface area contributed by atoms with Gasteiger partial charge in [-0.05, 0) is 12.8 Å². The van der Waals surface area contributed by atoms with Crippen LogP contribution in [0.15, 0.2) is 0 Å². The molecular weight excluding hydrogens is 132 g/mol. The third-order valence-electron chi connectivity index (χ3n) is 1.51. The lowest BCUT2D eigenvalue weighted by atomic mass is 10.3. The van der Waals surface area contributed by atoms with E-state index in [1.165, 1.54) is 12.1 Å². The molecule has 0 saturated carbocycles. The highest BCUT2D eigenvalue weighted by Gasteiger charge is 2.15. The van der Waals surface area contributed by atoms with Crippen LogP contribution in [0.2, 0.25) is 0 Å². The molecule has 1 heterocycles. The summed E-state index contributed by atoms with van der Waals surface area (Å²) in [5, 5.41) is 1.50. The van der Waals surface area contributed by atoms with Crippen molar-refractivity contribution in [1.82, 2.24) is 10.4 Å². The van der Waals surface area contributed by atoms with Crippen molar-refractivity contribution in [3.63, 3.8) is 0 Å². The van der Waals surface area contributed by atoms with Gasteiger partial charge in [-0.25, -0.2) is 15.2 Å². The molecule has 58 valence electrons. The zero-order chi connectivity index (χ0) is 7.40. The van der Waals surface area contributed by atoms with Gasteiger partial charge < -0.3 is 4.74 Å². The van der Waals surface area contributed by atoms with E-state index in [4.69, 9.17) is 0 Å². The van der Waals surface area contributed by atoms with Crippen LogP contribution in [-0.2, 0) is 4.74 Å². The molecule has 0 spiro atoms. The van der Waals surface area contributed by atoms with E-state index in [0.717, 1.165) is 25.9 Å². The van der Waals surface area contributed by atoms with E-state index in [0.29, 0.717) is 0 Å². The fourth-order valence-corrected chi connectivity index (χ4v) is 0.954. The Bertz CT molecular complexity index is 121. The van der Waals surface area contributed by atoms with Crippen LogP contribution < -0.4 is 5.43 Å². The van der Waals surface area contributed by atoms with Crippen molar-refractivity contribution in [2.45, 2.75) is 12.8 Å². The molecule has 0 atom stereocenters. The van der Waals surface area contributed by atoms with E-state index >= 15 is 0 Å². The number of carbonyl (C=O) groups is 1. The summed E-state index contributed by atoms with van der Waals surface area (Å²) in [6.07, 6.45) is 1.90. The zero-order valence-corrected chi connectivity index (χ0v) is 6.09. The third-order valence-corrected chi connectivity index (χ3v) is 1.51. The van der Waals surface area contributed by atoms with Gasteiger partial charge >= 0.3 is 6.09 Å². The number of hydrogen-bond donors (Lipinski definition) is 1. The van der Waals surface area contributed by atoms with Crippen LogP contribution in [0, 0.1) is 0 Å². The zero-order valence-electron chi connectivity index (χ0n) is 6.09. The second-order valence-corrected chi connectivity index (χ2v) is 2.24. The Hall–Kier alpha value is -0.770. The summed E-state index contributed by atoms with van der Waals surface area (Å²) in [6, 6.07) is 0. The largest absolute Gasteiger partial charge is 0.452 e. The maximum Gasteiger partial charge on any atom is 0.423 e. The van der Waals surface area contributed by atoms with Gasteiger partial charge in [0.1, 0.15) is 0 Å². The fourth-order valence-electron chi connectivity index (χ4n) is 0.954. The lowest BCUT2D eigenvalue weighted by molar-refractivity contribution is 0.0899. The first-order chi connectivity index (χ1) is 4.84. The lowest BCUT2D eigenvalue weighted by Gasteiger charge is -2.25. The van der Waals surface area contributed by atoms with Crippen LogP contribution in [0.3, 0.4) is 0 Å². The SMILES string of the molecule is COC(=O)N1CCCCN1. The van der Waals surface area contributed by atoms with Gasteiger partial charge in [0.05, 0.1) is 7.11 Å². The predicted octanol–water partition coefficient (Wildman–Crippen LogP) is 0.353. The summed E-state index contributed by atoms with van der Waals surface area (Å²) < 4.78 is 4.51. The van der Waals surface area contributed by atoms with Gasteiger partial charge in [0.15, 0.2) is 0 Å². The minimum atomic E-state index is -0.292. The first kappa shape index (κ1) is 7.34. The number of nitrogens with zero attached hydrogens (tertiary/aromatic N) is 1. The average Bonchev–Trinajstić information content (AvgIpc) is 2.05. The van der Waals surface area contributed by atoms with Gasteiger partial charge in [0.25, 0.3) is 0 Å². The van der Waals surface area contributed by atoms with Gasteiger partial charge in [-0.1, -0.05) is 0 Å². The van der Waals surface area contributed by atoms with Gasteiger partial charge in [-0.15, -0.1) is 0 Å². The van der Waals surface area contributed by atoms with Crippen LogP contribution in [0.1, 0.15) is 12.8 Å². The molecule has 0 aromatic heterocycles. The van der Waals surface area contributed by atoms with Crippen LogP contribution in [0.5, 0.6) is 0 Å². The molecule has 0 unspecified atom stereocenters. The van der Waals surface area contributed by atoms with Crippen LogP contribution in [0.4, 0.5) is 4.79 Å². The minimum absolute atomic E-state index is 0.292. The Morgan fingerprint density at radius 1 is 1.60 bits per heavy atom. The molecule has 0 aromatic rings. The highest BCUT2D eigenvalue weighted by Crippen LogP contribution is 1.99. The van der Waals surface area contributed by atoms with Crippen molar-refractivity contribution >= 4 is 6.09 Å². The molecule has 1 N–H and O–H groups in total. The van der Waals surface area contributed by atoms with Crippen molar-refractivity contribution < 1.29 is 9.53 Å². The van der Waals surface area contributed by atoms with Gasteiger partial charge in [0, 0.05) is 13.1 Å². The molecule has 1 fully saturated rings. The molecule has 0 radical (unpaired) electrons. The first-order valence-electron chi connectivity index (χ1n) is 3.43. The topological polar surface area (TPSA) is 41.6 Å². The number of hydrogen-bond acceptors (Lipinski definition) is 3. The highest BCUT2D eigenvalue weighted by atomic mass is 16.5. The molecule has 1 rings (SSSR count). The van der Waals surface area contributed by atoms with Crippen molar-refractivity contribution in [1.29, 1.82) is 0 Å². The number of hydrazine groups is 1. The van der Waals surface area contributed by atoms with Gasteiger partial charge in [0.2, 0.25) is 0 Å². The summed E-state index contributed by atoms with van der Waals surface area (Å²) in [7, 11) is 1.39. The van der Waals surface area contributed by atoms with Crippen LogP contribution in [0.25, 0.3) is 0 Å². The summed E-state index contributed by atoms with van der Waals surface area (Å²) >= 11 is 0. The number of ether oxygens (including phenoxy) is 1. The number of rotatable bonds is 0.